The number of nitriles is 1. The lowest BCUT2D eigenvalue weighted by Crippen LogP contribution is -2.38. The number of carbonyl (C=O) groups is 1. The molecular formula is C24H25N5O. The van der Waals surface area contributed by atoms with Gasteiger partial charge in [-0.3, -0.25) is 4.79 Å². The molecule has 1 atom stereocenters. The van der Waals surface area contributed by atoms with Crippen LogP contribution in [0.15, 0.2) is 61.1 Å². The number of aryl methyl sites for hydroxylation is 1. The first-order chi connectivity index (χ1) is 14.6. The van der Waals surface area contributed by atoms with Gasteiger partial charge in [-0.1, -0.05) is 42.0 Å². The molecule has 1 aliphatic rings. The van der Waals surface area contributed by atoms with Gasteiger partial charge < -0.3 is 14.8 Å². The molecule has 0 saturated carbocycles. The Morgan fingerprint density at radius 1 is 1.17 bits per heavy atom. The van der Waals surface area contributed by atoms with Gasteiger partial charge in [-0.05, 0) is 36.6 Å². The van der Waals surface area contributed by atoms with Crippen molar-refractivity contribution in [1.29, 1.82) is 5.26 Å². The molecule has 0 spiro atoms. The van der Waals surface area contributed by atoms with E-state index in [4.69, 9.17) is 5.26 Å². The maximum Gasteiger partial charge on any atom is 0.240 e. The molecule has 2 heterocycles. The molecule has 30 heavy (non-hydrogen) atoms. The third-order valence-electron chi connectivity index (χ3n) is 5.52. The molecule has 0 unspecified atom stereocenters. The van der Waals surface area contributed by atoms with Crippen molar-refractivity contribution in [2.75, 3.05) is 6.54 Å². The van der Waals surface area contributed by atoms with E-state index in [0.29, 0.717) is 25.2 Å². The summed E-state index contributed by atoms with van der Waals surface area (Å²) in [5.41, 5.74) is 5.17. The number of nitrogens with zero attached hydrogens (tertiary/aromatic N) is 4. The Morgan fingerprint density at radius 3 is 2.77 bits per heavy atom. The summed E-state index contributed by atoms with van der Waals surface area (Å²) in [4.78, 5) is 19.0. The van der Waals surface area contributed by atoms with Crippen LogP contribution in [0.2, 0.25) is 0 Å². The van der Waals surface area contributed by atoms with Crippen LogP contribution in [0.1, 0.15) is 34.4 Å². The van der Waals surface area contributed by atoms with E-state index in [9.17, 15) is 4.79 Å². The van der Waals surface area contributed by atoms with Gasteiger partial charge in [-0.2, -0.15) is 5.26 Å². The summed E-state index contributed by atoms with van der Waals surface area (Å²) in [5.74, 6) is 0.162. The lowest BCUT2D eigenvalue weighted by atomic mass is 10.1. The van der Waals surface area contributed by atoms with Gasteiger partial charge in [0.1, 0.15) is 0 Å². The highest BCUT2D eigenvalue weighted by Gasteiger charge is 2.31. The zero-order chi connectivity index (χ0) is 20.9. The van der Waals surface area contributed by atoms with Crippen LogP contribution in [0.5, 0.6) is 0 Å². The predicted molar refractivity (Wildman–Crippen MR) is 114 cm³/mol. The van der Waals surface area contributed by atoms with E-state index in [-0.39, 0.29) is 11.9 Å². The van der Waals surface area contributed by atoms with Gasteiger partial charge in [0.25, 0.3) is 0 Å². The first-order valence-corrected chi connectivity index (χ1v) is 10.2. The zero-order valence-electron chi connectivity index (χ0n) is 17.1. The average Bonchev–Trinajstić information content (AvgIpc) is 3.33. The van der Waals surface area contributed by atoms with E-state index in [1.165, 1.54) is 11.1 Å². The number of imidazole rings is 1. The fourth-order valence-corrected chi connectivity index (χ4v) is 3.86. The average molecular weight is 399 g/mol. The van der Waals surface area contributed by atoms with E-state index in [2.05, 4.69) is 46.1 Å². The summed E-state index contributed by atoms with van der Waals surface area (Å²) in [7, 11) is 0. The summed E-state index contributed by atoms with van der Waals surface area (Å²) in [6, 6.07) is 17.9. The van der Waals surface area contributed by atoms with Crippen LogP contribution in [0.4, 0.5) is 0 Å². The van der Waals surface area contributed by atoms with Gasteiger partial charge in [0.05, 0.1) is 29.7 Å². The second-order valence-corrected chi connectivity index (χ2v) is 7.79. The minimum atomic E-state index is -0.159. The number of benzene rings is 2. The molecule has 6 heteroatoms. The number of likely N-dealkylation sites (tertiary alicyclic amines) is 1. The van der Waals surface area contributed by atoms with E-state index in [1.54, 1.807) is 6.33 Å². The Morgan fingerprint density at radius 2 is 2.00 bits per heavy atom. The van der Waals surface area contributed by atoms with Crippen molar-refractivity contribution in [2.45, 2.75) is 39.0 Å². The van der Waals surface area contributed by atoms with Crippen LogP contribution >= 0.6 is 0 Å². The number of carbonyl (C=O) groups excluding carboxylic acids is 1. The molecule has 1 N–H and O–H groups in total. The summed E-state index contributed by atoms with van der Waals surface area (Å²) < 4.78 is 2.07. The van der Waals surface area contributed by atoms with Crippen molar-refractivity contribution in [3.8, 4) is 6.07 Å². The monoisotopic (exact) mass is 399 g/mol. The largest absolute Gasteiger partial charge is 0.337 e. The molecular weight excluding hydrogens is 374 g/mol. The van der Waals surface area contributed by atoms with Gasteiger partial charge in [-0.15, -0.1) is 0 Å². The van der Waals surface area contributed by atoms with Gasteiger partial charge in [0.2, 0.25) is 5.91 Å². The van der Waals surface area contributed by atoms with Gasteiger partial charge in [0.15, 0.2) is 0 Å². The summed E-state index contributed by atoms with van der Waals surface area (Å²) in [5, 5.41) is 12.3. The van der Waals surface area contributed by atoms with Crippen LogP contribution in [0.3, 0.4) is 0 Å². The molecule has 6 nitrogen and oxygen atoms in total. The highest BCUT2D eigenvalue weighted by Crippen LogP contribution is 2.17. The zero-order valence-corrected chi connectivity index (χ0v) is 17.1. The molecule has 0 bridgehead atoms. The fourth-order valence-electron chi connectivity index (χ4n) is 3.86. The Bertz CT molecular complexity index is 1060. The second kappa shape index (κ2) is 8.93. The minimum absolute atomic E-state index is 0.159. The molecule has 4 rings (SSSR count). The number of amides is 1. The molecule has 3 aromatic rings. The number of hydrogen-bond acceptors (Lipinski definition) is 4. The molecule has 1 amide bonds. The summed E-state index contributed by atoms with van der Waals surface area (Å²) in [6.07, 6.45) is 4.45. The van der Waals surface area contributed by atoms with Crippen LogP contribution in [0.25, 0.3) is 0 Å². The van der Waals surface area contributed by atoms with Crippen LogP contribution in [-0.2, 0) is 24.4 Å². The molecule has 1 saturated heterocycles. The van der Waals surface area contributed by atoms with Crippen LogP contribution < -0.4 is 5.32 Å². The molecule has 2 aromatic carbocycles. The molecule has 1 aliphatic heterocycles. The van der Waals surface area contributed by atoms with Crippen molar-refractivity contribution in [1.82, 2.24) is 19.8 Å². The maximum absolute atomic E-state index is 12.8. The first kappa shape index (κ1) is 19.9. The Hall–Kier alpha value is -3.43. The van der Waals surface area contributed by atoms with Crippen molar-refractivity contribution < 1.29 is 4.79 Å². The number of nitrogens with one attached hydrogen (secondary N) is 1. The maximum atomic E-state index is 12.8. The standard InChI is InChI=1S/C24H25N5O/c1-18-3-2-4-21(11-18)16-28-10-9-23(24(28)30)27-14-22-13-26-17-29(22)15-20-7-5-19(12-25)6-8-20/h2-8,11,13,17,23,27H,9-10,14-16H2,1H3/t23-/m0/s1. The van der Waals surface area contributed by atoms with Gasteiger partial charge >= 0.3 is 0 Å². The van der Waals surface area contributed by atoms with Crippen LogP contribution in [-0.4, -0.2) is 32.9 Å². The molecule has 1 aromatic heterocycles. The van der Waals surface area contributed by atoms with E-state index in [1.807, 2.05) is 41.4 Å². The van der Waals surface area contributed by atoms with Crippen molar-refractivity contribution in [3.05, 3.63) is 89.0 Å². The van der Waals surface area contributed by atoms with Gasteiger partial charge in [-0.25, -0.2) is 4.98 Å². The smallest absolute Gasteiger partial charge is 0.240 e. The quantitative estimate of drug-likeness (QED) is 0.663. The van der Waals surface area contributed by atoms with Gasteiger partial charge in [0, 0.05) is 32.4 Å². The second-order valence-electron chi connectivity index (χ2n) is 7.79. The normalized spacial score (nSPS) is 16.1. The molecule has 1 fully saturated rings. The first-order valence-electron chi connectivity index (χ1n) is 10.2. The van der Waals surface area contributed by atoms with Crippen molar-refractivity contribution in [3.63, 3.8) is 0 Å². The van der Waals surface area contributed by atoms with Crippen molar-refractivity contribution in [2.24, 2.45) is 0 Å². The highest BCUT2D eigenvalue weighted by atomic mass is 16.2. The SMILES string of the molecule is Cc1cccc(CN2CC[C@H](NCc3cncn3Cc3ccc(C#N)cc3)C2=O)c1. The summed E-state index contributed by atoms with van der Waals surface area (Å²) in [6.45, 7) is 4.77. The highest BCUT2D eigenvalue weighted by molar-refractivity contribution is 5.83. The third-order valence-corrected chi connectivity index (χ3v) is 5.52. The Labute approximate surface area is 176 Å². The number of aromatic nitrogens is 2. The van der Waals surface area contributed by atoms with E-state index < -0.39 is 0 Å². The predicted octanol–water partition coefficient (Wildman–Crippen LogP) is 3.00. The molecule has 0 radical (unpaired) electrons. The van der Waals surface area contributed by atoms with E-state index >= 15 is 0 Å². The van der Waals surface area contributed by atoms with Crippen molar-refractivity contribution >= 4 is 5.91 Å². The summed E-state index contributed by atoms with van der Waals surface area (Å²) >= 11 is 0. The lowest BCUT2D eigenvalue weighted by molar-refractivity contribution is -0.129. The fraction of sp³-hybridized carbons (Fsp3) is 0.292. The molecule has 0 aliphatic carbocycles. The Balaban J connectivity index is 1.33. The third kappa shape index (κ3) is 4.58. The molecule has 152 valence electrons. The number of hydrogen-bond donors (Lipinski definition) is 1. The van der Waals surface area contributed by atoms with E-state index in [0.717, 1.165) is 24.2 Å². The topological polar surface area (TPSA) is 74.0 Å². The number of rotatable bonds is 7. The van der Waals surface area contributed by atoms with Crippen LogP contribution in [0, 0.1) is 18.3 Å². The Kier molecular flexibility index (Phi) is 5.92. The lowest BCUT2D eigenvalue weighted by Gasteiger charge is -2.18. The minimum Gasteiger partial charge on any atom is -0.337 e.